The average Bonchev–Trinajstić information content (AvgIpc) is 2.17. The first-order valence-electron chi connectivity index (χ1n) is 28.6. The SMILES string of the molecule is CC(C)(O)COc1ccc2c(C(=O)O)cnn2c1.CN(C)CCCc1ccc(C(N)=O)c(OC2CC3(CC(N)C3)C2)c1.CN(C)CCCc1ccc(C(N)=O)c(OC2CC3(CC(NC(=O)c4cnn5cc(OCC(C)(C)O)ccc45)C3)C2)c1. The van der Waals surface area contributed by atoms with Crippen LogP contribution in [0.5, 0.6) is 23.0 Å². The van der Waals surface area contributed by atoms with Crippen LogP contribution in [0, 0.1) is 10.8 Å². The summed E-state index contributed by atoms with van der Waals surface area (Å²) in [6.07, 6.45) is 18.2. The zero-order valence-corrected chi connectivity index (χ0v) is 49.2. The van der Waals surface area contributed by atoms with Crippen molar-refractivity contribution >= 4 is 34.7 Å². The highest BCUT2D eigenvalue weighted by molar-refractivity contribution is 6.01. The number of primary amides is 2. The Balaban J connectivity index is 0.000000180. The van der Waals surface area contributed by atoms with E-state index < -0.39 is 29.0 Å². The number of hydrogen-bond acceptors (Lipinski definition) is 15. The summed E-state index contributed by atoms with van der Waals surface area (Å²) in [6, 6.07) is 18.8. The van der Waals surface area contributed by atoms with Crippen LogP contribution in [0.3, 0.4) is 0 Å². The predicted molar refractivity (Wildman–Crippen MR) is 314 cm³/mol. The second-order valence-electron chi connectivity index (χ2n) is 25.3. The van der Waals surface area contributed by atoms with Gasteiger partial charge in [0, 0.05) is 12.1 Å². The summed E-state index contributed by atoms with van der Waals surface area (Å²) in [5, 5.41) is 39.8. The fourth-order valence-electron chi connectivity index (χ4n) is 11.6. The zero-order valence-electron chi connectivity index (χ0n) is 49.2. The van der Waals surface area contributed by atoms with Crippen LogP contribution < -0.4 is 41.5 Å². The van der Waals surface area contributed by atoms with E-state index >= 15 is 0 Å². The molecule has 0 saturated heterocycles. The molecular weight excluding hydrogens is 1060 g/mol. The van der Waals surface area contributed by atoms with Crippen LogP contribution >= 0.6 is 0 Å². The van der Waals surface area contributed by atoms with Gasteiger partial charge in [-0.1, -0.05) is 12.1 Å². The van der Waals surface area contributed by atoms with E-state index in [9.17, 15) is 29.4 Å². The van der Waals surface area contributed by atoms with E-state index in [1.54, 1.807) is 87.2 Å². The highest BCUT2D eigenvalue weighted by Gasteiger charge is 2.55. The number of carbonyl (C=O) groups is 4. The Labute approximate surface area is 485 Å². The number of carboxylic acid groups (broad SMARTS) is 1. The number of hydrogen-bond donors (Lipinski definition) is 7. The molecule has 2 aromatic carbocycles. The Morgan fingerprint density at radius 1 is 0.627 bits per heavy atom. The van der Waals surface area contributed by atoms with E-state index in [-0.39, 0.29) is 48.3 Å². The van der Waals surface area contributed by atoms with Crippen molar-refractivity contribution in [3.8, 4) is 23.0 Å². The number of aryl methyl sites for hydroxylation is 2. The quantitative estimate of drug-likeness (QED) is 0.0370. The first-order chi connectivity index (χ1) is 39.1. The maximum absolute atomic E-state index is 13.0. The van der Waals surface area contributed by atoms with Crippen molar-refractivity contribution in [3.63, 3.8) is 0 Å². The Morgan fingerprint density at radius 2 is 1.05 bits per heavy atom. The molecule has 0 radical (unpaired) electrons. The molecule has 4 aliphatic carbocycles. The van der Waals surface area contributed by atoms with Crippen LogP contribution in [0.25, 0.3) is 11.0 Å². The molecule has 4 aliphatic rings. The summed E-state index contributed by atoms with van der Waals surface area (Å²) >= 11 is 0. The summed E-state index contributed by atoms with van der Waals surface area (Å²) in [5.41, 5.74) is 20.8. The molecule has 10 rings (SSSR count). The molecule has 0 unspecified atom stereocenters. The Bertz CT molecular complexity index is 3240. The van der Waals surface area contributed by atoms with Crippen LogP contribution in [0.4, 0.5) is 0 Å². The number of fused-ring (bicyclic) bond motifs is 2. The van der Waals surface area contributed by atoms with Crippen LogP contribution in [-0.4, -0.2) is 158 Å². The first kappa shape index (κ1) is 61.8. The molecule has 4 saturated carbocycles. The monoisotopic (exact) mass is 1140 g/mol. The topological polar surface area (TPSA) is 297 Å². The van der Waals surface area contributed by atoms with Crippen molar-refractivity contribution in [3.05, 3.63) is 119 Å². The molecule has 2 spiro atoms. The van der Waals surface area contributed by atoms with Crippen molar-refractivity contribution in [1.82, 2.24) is 34.3 Å². The zero-order chi connectivity index (χ0) is 60.0. The molecule has 0 atom stereocenters. The summed E-state index contributed by atoms with van der Waals surface area (Å²) < 4.78 is 26.5. The Kier molecular flexibility index (Phi) is 19.1. The van der Waals surface area contributed by atoms with E-state index in [4.69, 9.17) is 41.3 Å². The maximum Gasteiger partial charge on any atom is 0.339 e. The maximum atomic E-state index is 13.0. The van der Waals surface area contributed by atoms with Gasteiger partial charge in [0.05, 0.1) is 75.9 Å². The summed E-state index contributed by atoms with van der Waals surface area (Å²) in [4.78, 5) is 51.9. The molecule has 6 aromatic rings. The normalized spacial score (nSPS) is 21.6. The molecular formula is C62H84N10O11. The van der Waals surface area contributed by atoms with Gasteiger partial charge in [-0.15, -0.1) is 0 Å². The number of carbonyl (C=O) groups excluding carboxylic acids is 3. The van der Waals surface area contributed by atoms with Gasteiger partial charge in [-0.3, -0.25) is 14.4 Å². The molecule has 21 nitrogen and oxygen atoms in total. The predicted octanol–water partition coefficient (Wildman–Crippen LogP) is 6.31. The van der Waals surface area contributed by atoms with E-state index in [1.165, 1.54) is 16.3 Å². The van der Waals surface area contributed by atoms with Crippen molar-refractivity contribution in [2.45, 2.75) is 140 Å². The lowest BCUT2D eigenvalue weighted by molar-refractivity contribution is -0.0835. The van der Waals surface area contributed by atoms with Crippen LogP contribution in [0.1, 0.15) is 144 Å². The number of ether oxygens (including phenoxy) is 4. The number of amides is 3. The van der Waals surface area contributed by atoms with Gasteiger partial charge in [-0.2, -0.15) is 10.2 Å². The highest BCUT2D eigenvalue weighted by atomic mass is 16.5. The van der Waals surface area contributed by atoms with Gasteiger partial charge >= 0.3 is 5.97 Å². The fourth-order valence-corrected chi connectivity index (χ4v) is 11.6. The van der Waals surface area contributed by atoms with Crippen LogP contribution in [0.15, 0.2) is 85.5 Å². The second kappa shape index (κ2) is 25.7. The Morgan fingerprint density at radius 3 is 1.45 bits per heavy atom. The lowest BCUT2D eigenvalue weighted by Gasteiger charge is -2.57. The molecule has 10 N–H and O–H groups in total. The number of pyridine rings is 2. The van der Waals surface area contributed by atoms with Gasteiger partial charge in [0.1, 0.15) is 41.8 Å². The molecule has 83 heavy (non-hydrogen) atoms. The molecule has 4 aromatic heterocycles. The summed E-state index contributed by atoms with van der Waals surface area (Å²) in [7, 11) is 8.26. The van der Waals surface area contributed by atoms with Gasteiger partial charge in [0.2, 0.25) is 0 Å². The molecule has 3 amide bonds. The summed E-state index contributed by atoms with van der Waals surface area (Å²) in [6.45, 7) is 8.97. The lowest BCUT2D eigenvalue weighted by Crippen LogP contribution is -2.58. The largest absolute Gasteiger partial charge is 0.490 e. The number of carboxylic acids is 1. The molecule has 4 fully saturated rings. The van der Waals surface area contributed by atoms with Gasteiger partial charge in [0.25, 0.3) is 17.7 Å². The number of nitrogens with one attached hydrogen (secondary N) is 1. The van der Waals surface area contributed by atoms with Gasteiger partial charge < -0.3 is 66.6 Å². The molecule has 0 bridgehead atoms. The number of benzene rings is 2. The number of rotatable bonds is 23. The third-order valence-corrected chi connectivity index (χ3v) is 15.7. The number of aliphatic hydroxyl groups is 2. The van der Waals surface area contributed by atoms with E-state index in [0.29, 0.717) is 62.2 Å². The fraction of sp³-hybridized carbons (Fsp3) is 0.516. The lowest BCUT2D eigenvalue weighted by atomic mass is 9.53. The van der Waals surface area contributed by atoms with Gasteiger partial charge in [0.15, 0.2) is 0 Å². The molecule has 4 heterocycles. The van der Waals surface area contributed by atoms with E-state index in [0.717, 1.165) is 95.7 Å². The number of aromatic carboxylic acids is 1. The van der Waals surface area contributed by atoms with E-state index in [2.05, 4.69) is 53.5 Å². The number of nitrogens with zero attached hydrogens (tertiary/aromatic N) is 6. The van der Waals surface area contributed by atoms with Gasteiger partial charge in [-0.05, 0) is 217 Å². The van der Waals surface area contributed by atoms with Crippen molar-refractivity contribution < 1.29 is 53.4 Å². The van der Waals surface area contributed by atoms with Crippen molar-refractivity contribution in [1.29, 1.82) is 0 Å². The molecule has 0 aliphatic heterocycles. The smallest absolute Gasteiger partial charge is 0.339 e. The standard InChI is InChI=1S/C31H41N5O5.C19H29N3O2.C12H14N2O4/c1-30(2,39)19-40-22-8-10-26-25(17-33-36(26)18-22)29(38)34-21-13-31(14-21)15-23(16-31)41-27-12-20(6-5-11-35(3)4)7-9-24(27)28(32)37;1-22(2)7-3-4-13-5-6-16(18(21)23)17(8-13)24-15-11-19(12-15)9-14(20)10-19;1-12(2,17)7-18-8-3-4-10-9(11(15)16)5-13-14(10)6-8/h7-10,12,17-18,21,23,39H,5-6,11,13-16,19H2,1-4H3,(H2,32,37)(H,34,38);5-6,8,14-15H,3-4,7,9-12,20H2,1-2H3,(H2,21,23);3-6,17H,7H2,1-2H3,(H,15,16). The highest BCUT2D eigenvalue weighted by Crippen LogP contribution is 2.57. The van der Waals surface area contributed by atoms with Crippen molar-refractivity contribution in [2.75, 3.05) is 54.5 Å². The summed E-state index contributed by atoms with van der Waals surface area (Å²) in [5.74, 6) is 0.236. The van der Waals surface area contributed by atoms with Gasteiger partial charge in [-0.25, -0.2) is 13.8 Å². The third-order valence-electron chi connectivity index (χ3n) is 15.7. The second-order valence-corrected chi connectivity index (χ2v) is 25.3. The number of aromatic nitrogens is 4. The van der Waals surface area contributed by atoms with Crippen molar-refractivity contribution in [2.24, 2.45) is 28.0 Å². The average molecular weight is 1150 g/mol. The van der Waals surface area contributed by atoms with Crippen LogP contribution in [-0.2, 0) is 12.8 Å². The Hall–Kier alpha value is -7.30. The minimum atomic E-state index is -1.02. The molecule has 448 valence electrons. The first-order valence-corrected chi connectivity index (χ1v) is 28.6. The third kappa shape index (κ3) is 16.5. The molecule has 21 heteroatoms. The minimum absolute atomic E-state index is 0.0363. The minimum Gasteiger partial charge on any atom is -0.490 e. The number of nitrogens with two attached hydrogens (primary N) is 3. The van der Waals surface area contributed by atoms with Crippen LogP contribution in [0.2, 0.25) is 0 Å². The van der Waals surface area contributed by atoms with E-state index in [1.807, 2.05) is 24.3 Å².